The fourth-order valence-electron chi connectivity index (χ4n) is 4.38. The molecule has 150 valence electrons. The van der Waals surface area contributed by atoms with E-state index in [1.54, 1.807) is 18.1 Å². The Bertz CT molecular complexity index is 1160. The molecule has 30 heavy (non-hydrogen) atoms. The largest absolute Gasteiger partial charge is 0.496 e. The summed E-state index contributed by atoms with van der Waals surface area (Å²) < 4.78 is 5.46. The fraction of sp³-hybridized carbons (Fsp3) is 0.167. The number of rotatable bonds is 4. The van der Waals surface area contributed by atoms with Crippen LogP contribution in [0.4, 0.5) is 11.4 Å². The molecule has 5 rings (SSSR count). The Morgan fingerprint density at radius 1 is 0.900 bits per heavy atom. The molecule has 2 heterocycles. The summed E-state index contributed by atoms with van der Waals surface area (Å²) in [5.74, 6) is 0.332. The van der Waals surface area contributed by atoms with Crippen molar-refractivity contribution in [2.75, 3.05) is 24.3 Å². The van der Waals surface area contributed by atoms with E-state index >= 15 is 0 Å². The van der Waals surface area contributed by atoms with Gasteiger partial charge in [-0.2, -0.15) is 0 Å². The molecule has 0 fully saturated rings. The van der Waals surface area contributed by atoms with Gasteiger partial charge in [-0.3, -0.25) is 9.59 Å². The van der Waals surface area contributed by atoms with Gasteiger partial charge in [-0.1, -0.05) is 48.5 Å². The van der Waals surface area contributed by atoms with Crippen molar-refractivity contribution in [2.24, 2.45) is 0 Å². The van der Waals surface area contributed by atoms with Gasteiger partial charge in [0.1, 0.15) is 5.75 Å². The number of carbonyl (C=O) groups excluding carboxylic acids is 2. The molecule has 0 aromatic heterocycles. The van der Waals surface area contributed by atoms with E-state index in [-0.39, 0.29) is 11.8 Å². The van der Waals surface area contributed by atoms with E-state index in [4.69, 9.17) is 4.74 Å². The second-order valence-electron chi connectivity index (χ2n) is 7.40. The molecule has 1 atom stereocenters. The maximum Gasteiger partial charge on any atom is 0.276 e. The summed E-state index contributed by atoms with van der Waals surface area (Å²) in [4.78, 5) is 28.5. The molecule has 0 bridgehead atoms. The Hall–Kier alpha value is -3.80. The van der Waals surface area contributed by atoms with E-state index < -0.39 is 5.66 Å². The zero-order chi connectivity index (χ0) is 20.7. The van der Waals surface area contributed by atoms with Crippen LogP contribution in [-0.4, -0.2) is 30.4 Å². The number of methoxy groups -OCH3 is 1. The first-order valence-electron chi connectivity index (χ1n) is 9.87. The van der Waals surface area contributed by atoms with Crippen LogP contribution in [-0.2, 0) is 16.9 Å². The minimum absolute atomic E-state index is 0.175. The first kappa shape index (κ1) is 18.2. The number of benzene rings is 3. The number of ether oxygens (including phenoxy) is 1. The molecular formula is C24H21N3O3. The third-order valence-corrected chi connectivity index (χ3v) is 5.81. The van der Waals surface area contributed by atoms with E-state index in [0.717, 1.165) is 16.9 Å². The predicted octanol–water partition coefficient (Wildman–Crippen LogP) is 3.61. The molecule has 2 amide bonds. The first-order valence-corrected chi connectivity index (χ1v) is 9.87. The quantitative estimate of drug-likeness (QED) is 0.703. The Labute approximate surface area is 174 Å². The third kappa shape index (κ3) is 2.57. The molecule has 6 nitrogen and oxygen atoms in total. The monoisotopic (exact) mass is 399 g/mol. The Morgan fingerprint density at radius 2 is 1.60 bits per heavy atom. The molecule has 2 aliphatic rings. The molecule has 0 radical (unpaired) electrons. The number of hydrogen-bond donors (Lipinski definition) is 2. The van der Waals surface area contributed by atoms with Crippen LogP contribution in [0.2, 0.25) is 0 Å². The molecule has 3 aromatic carbocycles. The van der Waals surface area contributed by atoms with Gasteiger partial charge in [0.25, 0.3) is 11.8 Å². The van der Waals surface area contributed by atoms with E-state index in [2.05, 4.69) is 10.6 Å². The van der Waals surface area contributed by atoms with Crippen LogP contribution in [0.5, 0.6) is 5.75 Å². The van der Waals surface area contributed by atoms with E-state index in [9.17, 15) is 9.59 Å². The Kier molecular flexibility index (Phi) is 4.20. The molecule has 0 aliphatic carbocycles. The maximum atomic E-state index is 13.6. The van der Waals surface area contributed by atoms with Gasteiger partial charge in [0, 0.05) is 23.5 Å². The molecule has 0 saturated heterocycles. The number of para-hydroxylation sites is 3. The van der Waals surface area contributed by atoms with Crippen LogP contribution in [0.3, 0.4) is 0 Å². The van der Waals surface area contributed by atoms with Gasteiger partial charge in [0.05, 0.1) is 12.7 Å². The number of anilines is 2. The molecule has 1 spiro atoms. The summed E-state index contributed by atoms with van der Waals surface area (Å²) in [6.07, 6.45) is 0.552. The van der Waals surface area contributed by atoms with Gasteiger partial charge in [0.2, 0.25) is 5.66 Å². The van der Waals surface area contributed by atoms with Crippen LogP contribution in [0.1, 0.15) is 21.5 Å². The third-order valence-electron chi connectivity index (χ3n) is 5.81. The summed E-state index contributed by atoms with van der Waals surface area (Å²) >= 11 is 0. The van der Waals surface area contributed by atoms with Gasteiger partial charge in [-0.25, -0.2) is 0 Å². The molecule has 3 aromatic rings. The number of nitrogens with zero attached hydrogens (tertiary/aromatic N) is 1. The van der Waals surface area contributed by atoms with Gasteiger partial charge in [0.15, 0.2) is 0 Å². The van der Waals surface area contributed by atoms with Gasteiger partial charge in [-0.05, 0) is 36.2 Å². The van der Waals surface area contributed by atoms with Crippen LogP contribution in [0.15, 0.2) is 72.8 Å². The van der Waals surface area contributed by atoms with Crippen LogP contribution in [0.25, 0.3) is 0 Å². The van der Waals surface area contributed by atoms with Crippen molar-refractivity contribution in [2.45, 2.75) is 12.1 Å². The highest BCUT2D eigenvalue weighted by molar-refractivity contribution is 6.14. The second kappa shape index (κ2) is 6.91. The summed E-state index contributed by atoms with van der Waals surface area (Å²) in [7, 11) is 1.63. The summed E-state index contributed by atoms with van der Waals surface area (Å²) in [6.45, 7) is 0.349. The van der Waals surface area contributed by atoms with E-state index in [1.165, 1.54) is 0 Å². The zero-order valence-electron chi connectivity index (χ0n) is 16.5. The molecule has 0 saturated carbocycles. The lowest BCUT2D eigenvalue weighted by atomic mass is 9.92. The van der Waals surface area contributed by atoms with Crippen molar-refractivity contribution >= 4 is 23.2 Å². The average molecular weight is 399 g/mol. The molecule has 2 aliphatic heterocycles. The van der Waals surface area contributed by atoms with Gasteiger partial charge < -0.3 is 20.3 Å². The van der Waals surface area contributed by atoms with E-state index in [0.29, 0.717) is 29.9 Å². The number of carbonyl (C=O) groups is 2. The minimum atomic E-state index is -1.29. The fourth-order valence-corrected chi connectivity index (χ4v) is 4.38. The number of nitrogens with one attached hydrogen (secondary N) is 2. The number of fused-ring (bicyclic) bond motifs is 3. The highest BCUT2D eigenvalue weighted by Crippen LogP contribution is 2.45. The minimum Gasteiger partial charge on any atom is -0.496 e. The second-order valence-corrected chi connectivity index (χ2v) is 7.40. The lowest BCUT2D eigenvalue weighted by Gasteiger charge is -2.44. The first-order chi connectivity index (χ1) is 14.6. The molecule has 2 N–H and O–H groups in total. The molecule has 6 heteroatoms. The van der Waals surface area contributed by atoms with Crippen molar-refractivity contribution in [3.05, 3.63) is 89.5 Å². The summed E-state index contributed by atoms with van der Waals surface area (Å²) in [5, 5.41) is 6.33. The van der Waals surface area contributed by atoms with Crippen LogP contribution >= 0.6 is 0 Å². The zero-order valence-corrected chi connectivity index (χ0v) is 16.5. The normalized spacial score (nSPS) is 19.2. The summed E-state index contributed by atoms with van der Waals surface area (Å²) in [5.41, 5.74) is 2.36. The maximum absolute atomic E-state index is 13.6. The predicted molar refractivity (Wildman–Crippen MR) is 115 cm³/mol. The van der Waals surface area contributed by atoms with Crippen molar-refractivity contribution in [3.8, 4) is 5.75 Å². The Morgan fingerprint density at radius 3 is 2.43 bits per heavy atom. The Balaban J connectivity index is 1.61. The highest BCUT2D eigenvalue weighted by Gasteiger charge is 2.56. The van der Waals surface area contributed by atoms with Gasteiger partial charge >= 0.3 is 0 Å². The van der Waals surface area contributed by atoms with Crippen molar-refractivity contribution in [1.29, 1.82) is 0 Å². The van der Waals surface area contributed by atoms with E-state index in [1.807, 2.05) is 66.7 Å². The number of hydrogen-bond acceptors (Lipinski definition) is 4. The summed E-state index contributed by atoms with van der Waals surface area (Å²) in [6, 6.07) is 22.5. The smallest absolute Gasteiger partial charge is 0.276 e. The van der Waals surface area contributed by atoms with Crippen LogP contribution in [0, 0.1) is 0 Å². The van der Waals surface area contributed by atoms with Crippen molar-refractivity contribution in [1.82, 2.24) is 4.90 Å². The van der Waals surface area contributed by atoms with Crippen molar-refractivity contribution in [3.63, 3.8) is 0 Å². The van der Waals surface area contributed by atoms with Crippen LogP contribution < -0.4 is 15.4 Å². The number of amides is 2. The lowest BCUT2D eigenvalue weighted by Crippen LogP contribution is -2.61. The SMILES string of the molecule is COc1ccccc1CCN1C(=O)c2ccccc2N[C@@]12C(=O)Nc1ccccc12. The van der Waals surface area contributed by atoms with Crippen molar-refractivity contribution < 1.29 is 14.3 Å². The molecular weight excluding hydrogens is 378 g/mol. The molecule has 0 unspecified atom stereocenters. The average Bonchev–Trinajstić information content (AvgIpc) is 3.05. The topological polar surface area (TPSA) is 70.7 Å². The highest BCUT2D eigenvalue weighted by atomic mass is 16.5. The van der Waals surface area contributed by atoms with Gasteiger partial charge in [-0.15, -0.1) is 0 Å². The standard InChI is InChI=1S/C24H21N3O3/c1-30-21-13-7-2-8-16(21)14-15-27-22(28)17-9-3-5-11-19(17)26-24(27)18-10-4-6-12-20(18)25-23(24)29/h2-13,26H,14-15H2,1H3,(H,25,29)/t24-/m1/s1. The lowest BCUT2D eigenvalue weighted by molar-refractivity contribution is -0.125.